The zero-order chi connectivity index (χ0) is 15.5. The van der Waals surface area contributed by atoms with Crippen LogP contribution in [0.5, 0.6) is 0 Å². The molecule has 0 heterocycles. The SMILES string of the molecule is C=C1C[C@H]2[C@@H]3CCC[C@@]3(C)CC[C@@H]2[C@@]2(C)C=CCC(CC)=C12. The van der Waals surface area contributed by atoms with E-state index in [1.165, 1.54) is 56.9 Å². The van der Waals surface area contributed by atoms with E-state index < -0.39 is 0 Å². The molecule has 22 heavy (non-hydrogen) atoms. The molecule has 0 aromatic carbocycles. The van der Waals surface area contributed by atoms with E-state index in [1.54, 1.807) is 11.1 Å². The van der Waals surface area contributed by atoms with Gasteiger partial charge in [-0.25, -0.2) is 0 Å². The smallest absolute Gasteiger partial charge is 0.0137 e. The van der Waals surface area contributed by atoms with Crippen molar-refractivity contribution in [2.24, 2.45) is 28.6 Å². The zero-order valence-corrected chi connectivity index (χ0v) is 14.8. The fraction of sp³-hybridized carbons (Fsp3) is 0.727. The molecule has 0 saturated heterocycles. The summed E-state index contributed by atoms with van der Waals surface area (Å²) in [6.07, 6.45) is 16.0. The van der Waals surface area contributed by atoms with Crippen molar-refractivity contribution in [3.05, 3.63) is 35.5 Å². The van der Waals surface area contributed by atoms with Gasteiger partial charge in [-0.1, -0.05) is 57.1 Å². The fourth-order valence-corrected chi connectivity index (χ4v) is 6.97. The van der Waals surface area contributed by atoms with Crippen molar-refractivity contribution in [2.75, 3.05) is 0 Å². The average molecular weight is 296 g/mol. The van der Waals surface area contributed by atoms with Crippen LogP contribution in [-0.2, 0) is 0 Å². The maximum atomic E-state index is 4.58. The standard InChI is InChI=1S/C22H32/c1-5-16-8-6-12-22(4)19-10-13-21(3)11-7-9-18(21)17(19)14-15(2)20(16)22/h6,12,17-19H,2,5,7-11,13-14H2,1,3-4H3/t17-,18-,19-,21-,22+/m0/s1. The Balaban J connectivity index is 1.78. The number of rotatable bonds is 1. The van der Waals surface area contributed by atoms with Gasteiger partial charge in [0, 0.05) is 5.41 Å². The molecule has 3 saturated carbocycles. The lowest BCUT2D eigenvalue weighted by atomic mass is 9.47. The molecule has 3 fully saturated rings. The normalized spacial score (nSPS) is 47.2. The topological polar surface area (TPSA) is 0 Å². The van der Waals surface area contributed by atoms with Gasteiger partial charge in [0.15, 0.2) is 0 Å². The van der Waals surface area contributed by atoms with E-state index in [-0.39, 0.29) is 5.41 Å². The molecule has 0 bridgehead atoms. The highest BCUT2D eigenvalue weighted by atomic mass is 14.6. The second kappa shape index (κ2) is 4.86. The van der Waals surface area contributed by atoms with Crippen molar-refractivity contribution < 1.29 is 0 Å². The number of hydrogen-bond acceptors (Lipinski definition) is 0. The maximum absolute atomic E-state index is 4.58. The summed E-state index contributed by atoms with van der Waals surface area (Å²) in [5.74, 6) is 2.72. The molecule has 0 radical (unpaired) electrons. The Labute approximate surface area is 136 Å². The predicted octanol–water partition coefficient (Wildman–Crippen LogP) is 6.45. The maximum Gasteiger partial charge on any atom is 0.0137 e. The fourth-order valence-electron chi connectivity index (χ4n) is 6.97. The summed E-state index contributed by atoms with van der Waals surface area (Å²) in [5, 5.41) is 0. The van der Waals surface area contributed by atoms with E-state index in [4.69, 9.17) is 0 Å². The summed E-state index contributed by atoms with van der Waals surface area (Å²) < 4.78 is 0. The van der Waals surface area contributed by atoms with Crippen LogP contribution in [0, 0.1) is 28.6 Å². The lowest BCUT2D eigenvalue weighted by molar-refractivity contribution is -0.00491. The first-order valence-electron chi connectivity index (χ1n) is 9.58. The molecule has 0 spiro atoms. The second-order valence-corrected chi connectivity index (χ2v) is 8.99. The monoisotopic (exact) mass is 296 g/mol. The number of allylic oxidation sites excluding steroid dienone is 5. The van der Waals surface area contributed by atoms with Crippen LogP contribution in [0.1, 0.15) is 72.1 Å². The van der Waals surface area contributed by atoms with E-state index in [9.17, 15) is 0 Å². The Morgan fingerprint density at radius 2 is 2.00 bits per heavy atom. The highest BCUT2D eigenvalue weighted by molar-refractivity contribution is 5.48. The summed E-state index contributed by atoms with van der Waals surface area (Å²) in [4.78, 5) is 0. The molecule has 0 heteroatoms. The predicted molar refractivity (Wildman–Crippen MR) is 94.6 cm³/mol. The molecule has 0 aromatic heterocycles. The minimum absolute atomic E-state index is 0.285. The molecule has 0 amide bonds. The Kier molecular flexibility index (Phi) is 3.26. The van der Waals surface area contributed by atoms with Gasteiger partial charge in [0.25, 0.3) is 0 Å². The summed E-state index contributed by atoms with van der Waals surface area (Å²) in [6, 6.07) is 0. The van der Waals surface area contributed by atoms with Crippen LogP contribution < -0.4 is 0 Å². The average Bonchev–Trinajstić information content (AvgIpc) is 2.88. The van der Waals surface area contributed by atoms with Crippen molar-refractivity contribution >= 4 is 0 Å². The van der Waals surface area contributed by atoms with E-state index in [1.807, 2.05) is 0 Å². The van der Waals surface area contributed by atoms with E-state index in [0.29, 0.717) is 5.41 Å². The molecular weight excluding hydrogens is 264 g/mol. The first-order chi connectivity index (χ1) is 10.5. The van der Waals surface area contributed by atoms with Gasteiger partial charge in [0.1, 0.15) is 0 Å². The van der Waals surface area contributed by atoms with Crippen LogP contribution in [-0.4, -0.2) is 0 Å². The van der Waals surface area contributed by atoms with Crippen LogP contribution in [0.4, 0.5) is 0 Å². The molecule has 0 N–H and O–H groups in total. The van der Waals surface area contributed by atoms with Gasteiger partial charge in [0.05, 0.1) is 0 Å². The van der Waals surface area contributed by atoms with Crippen molar-refractivity contribution in [3.63, 3.8) is 0 Å². The minimum Gasteiger partial charge on any atom is -0.0955 e. The minimum atomic E-state index is 0.285. The van der Waals surface area contributed by atoms with Crippen molar-refractivity contribution in [3.8, 4) is 0 Å². The second-order valence-electron chi connectivity index (χ2n) is 8.99. The Bertz CT molecular complexity index is 563. The molecule has 0 nitrogen and oxygen atoms in total. The van der Waals surface area contributed by atoms with Crippen molar-refractivity contribution in [1.29, 1.82) is 0 Å². The molecule has 5 atom stereocenters. The highest BCUT2D eigenvalue weighted by Gasteiger charge is 2.56. The molecule has 0 unspecified atom stereocenters. The lowest BCUT2D eigenvalue weighted by Crippen LogP contribution is -2.48. The molecule has 120 valence electrons. The first-order valence-corrected chi connectivity index (χ1v) is 9.58. The number of fused-ring (bicyclic) bond motifs is 5. The van der Waals surface area contributed by atoms with Crippen LogP contribution in [0.15, 0.2) is 35.5 Å². The first kappa shape index (κ1) is 14.8. The summed E-state index contributed by atoms with van der Waals surface area (Å²) in [6.45, 7) is 12.0. The molecule has 4 aliphatic carbocycles. The quantitative estimate of drug-likeness (QED) is 0.488. The van der Waals surface area contributed by atoms with Gasteiger partial charge in [-0.05, 0) is 73.7 Å². The zero-order valence-electron chi connectivity index (χ0n) is 14.8. The highest BCUT2D eigenvalue weighted by Crippen LogP contribution is 2.65. The van der Waals surface area contributed by atoms with Gasteiger partial charge < -0.3 is 0 Å². The Hall–Kier alpha value is -0.780. The van der Waals surface area contributed by atoms with Crippen LogP contribution in [0.3, 0.4) is 0 Å². The summed E-state index contributed by atoms with van der Waals surface area (Å²) in [5.41, 5.74) is 5.76. The van der Waals surface area contributed by atoms with E-state index in [0.717, 1.165) is 17.8 Å². The van der Waals surface area contributed by atoms with Gasteiger partial charge >= 0.3 is 0 Å². The molecule has 4 rings (SSSR count). The van der Waals surface area contributed by atoms with Gasteiger partial charge in [0.2, 0.25) is 0 Å². The lowest BCUT2D eigenvalue weighted by Gasteiger charge is -2.57. The van der Waals surface area contributed by atoms with E-state index >= 15 is 0 Å². The number of hydrogen-bond donors (Lipinski definition) is 0. The Morgan fingerprint density at radius 3 is 2.77 bits per heavy atom. The third kappa shape index (κ3) is 1.82. The largest absolute Gasteiger partial charge is 0.0955 e. The van der Waals surface area contributed by atoms with E-state index in [2.05, 4.69) is 39.5 Å². The third-order valence-corrected chi connectivity index (χ3v) is 7.97. The van der Waals surface area contributed by atoms with Crippen molar-refractivity contribution in [1.82, 2.24) is 0 Å². The van der Waals surface area contributed by atoms with Gasteiger partial charge in [-0.2, -0.15) is 0 Å². The summed E-state index contributed by atoms with van der Waals surface area (Å²) in [7, 11) is 0. The summed E-state index contributed by atoms with van der Waals surface area (Å²) >= 11 is 0. The molecular formula is C22H32. The van der Waals surface area contributed by atoms with Gasteiger partial charge in [-0.3, -0.25) is 0 Å². The van der Waals surface area contributed by atoms with Gasteiger partial charge in [-0.15, -0.1) is 0 Å². The molecule has 0 aromatic rings. The van der Waals surface area contributed by atoms with Crippen molar-refractivity contribution in [2.45, 2.75) is 72.1 Å². The van der Waals surface area contributed by atoms with Crippen LogP contribution >= 0.6 is 0 Å². The Morgan fingerprint density at radius 1 is 1.18 bits per heavy atom. The van der Waals surface area contributed by atoms with Crippen LogP contribution in [0.2, 0.25) is 0 Å². The third-order valence-electron chi connectivity index (χ3n) is 7.97. The van der Waals surface area contributed by atoms with Crippen LogP contribution in [0.25, 0.3) is 0 Å². The molecule has 4 aliphatic rings. The molecule has 0 aliphatic heterocycles.